The summed E-state index contributed by atoms with van der Waals surface area (Å²) in [6.45, 7) is 1.60. The molecule has 19 heavy (non-hydrogen) atoms. The summed E-state index contributed by atoms with van der Waals surface area (Å²) in [5.41, 5.74) is 0.589. The van der Waals surface area contributed by atoms with Crippen LogP contribution in [0.15, 0.2) is 40.9 Å². The molecule has 1 fully saturated rings. The number of amides is 1. The predicted molar refractivity (Wildman–Crippen MR) is 78.0 cm³/mol. The number of hydrogen-bond acceptors (Lipinski definition) is 2. The largest absolute Gasteiger partial charge is 0.339 e. The molecule has 0 atom stereocenters. The molecule has 0 unspecified atom stereocenters. The smallest absolute Gasteiger partial charge is 0.246 e. The van der Waals surface area contributed by atoms with Crippen LogP contribution in [0.1, 0.15) is 29.6 Å². The first kappa shape index (κ1) is 14.0. The molecule has 1 aliphatic heterocycles. The van der Waals surface area contributed by atoms with Gasteiger partial charge in [-0.2, -0.15) is 0 Å². The number of carbonyl (C=O) groups is 2. The lowest BCUT2D eigenvalue weighted by Crippen LogP contribution is -2.34. The second-order valence-corrected chi connectivity index (χ2v) is 5.51. The molecular weight excluding hydrogens is 306 g/mol. The van der Waals surface area contributed by atoms with Gasteiger partial charge < -0.3 is 4.90 Å². The number of piperidine rings is 1. The van der Waals surface area contributed by atoms with Crippen LogP contribution in [0, 0.1) is 0 Å². The third kappa shape index (κ3) is 4.03. The molecule has 100 valence electrons. The fourth-order valence-corrected chi connectivity index (χ4v) is 2.34. The monoisotopic (exact) mass is 321 g/mol. The fourth-order valence-electron chi connectivity index (χ4n) is 2.08. The number of hydrogen-bond donors (Lipinski definition) is 0. The van der Waals surface area contributed by atoms with Crippen molar-refractivity contribution in [2.45, 2.75) is 19.3 Å². The summed E-state index contributed by atoms with van der Waals surface area (Å²) < 4.78 is 0.928. The average Bonchev–Trinajstić information content (AvgIpc) is 2.46. The van der Waals surface area contributed by atoms with E-state index >= 15 is 0 Å². The Labute approximate surface area is 121 Å². The van der Waals surface area contributed by atoms with E-state index in [9.17, 15) is 9.59 Å². The molecule has 0 radical (unpaired) electrons. The third-order valence-corrected chi connectivity index (χ3v) is 3.70. The summed E-state index contributed by atoms with van der Waals surface area (Å²) in [7, 11) is 0. The maximum atomic E-state index is 11.9. The fraction of sp³-hybridized carbons (Fsp3) is 0.333. The molecule has 1 aromatic rings. The van der Waals surface area contributed by atoms with Gasteiger partial charge in [0.2, 0.25) is 5.91 Å². The minimum Gasteiger partial charge on any atom is -0.339 e. The third-order valence-electron chi connectivity index (χ3n) is 3.17. The quantitative estimate of drug-likeness (QED) is 0.633. The zero-order valence-corrected chi connectivity index (χ0v) is 12.2. The first-order valence-corrected chi connectivity index (χ1v) is 7.23. The zero-order chi connectivity index (χ0) is 13.7. The van der Waals surface area contributed by atoms with Crippen molar-refractivity contribution in [1.82, 2.24) is 4.90 Å². The maximum absolute atomic E-state index is 11.9. The minimum atomic E-state index is -0.141. The van der Waals surface area contributed by atoms with E-state index in [0.717, 1.165) is 30.4 Å². The normalized spacial score (nSPS) is 15.7. The predicted octanol–water partition coefficient (Wildman–Crippen LogP) is 3.20. The van der Waals surface area contributed by atoms with Gasteiger partial charge in [0.1, 0.15) is 0 Å². The standard InChI is InChI=1S/C15H16BrNO2/c16-13-6-4-12(5-7-13)14(18)8-9-15(19)17-10-2-1-3-11-17/h4-9H,1-3,10-11H2/b9-8+. The number of ketones is 1. The number of likely N-dealkylation sites (tertiary alicyclic amines) is 1. The van der Waals surface area contributed by atoms with Crippen LogP contribution in [0.5, 0.6) is 0 Å². The van der Waals surface area contributed by atoms with E-state index in [1.54, 1.807) is 17.0 Å². The van der Waals surface area contributed by atoms with Crippen molar-refractivity contribution in [3.05, 3.63) is 46.5 Å². The van der Waals surface area contributed by atoms with Crippen LogP contribution in [-0.2, 0) is 4.79 Å². The Morgan fingerprint density at radius 1 is 1.00 bits per heavy atom. The average molecular weight is 322 g/mol. The van der Waals surface area contributed by atoms with Gasteiger partial charge in [0.15, 0.2) is 5.78 Å². The summed E-state index contributed by atoms with van der Waals surface area (Å²) in [6.07, 6.45) is 6.04. The number of carbonyl (C=O) groups excluding carboxylic acids is 2. The van der Waals surface area contributed by atoms with Gasteiger partial charge in [0.05, 0.1) is 0 Å². The van der Waals surface area contributed by atoms with E-state index in [1.165, 1.54) is 18.6 Å². The summed E-state index contributed by atoms with van der Waals surface area (Å²) in [6, 6.07) is 7.10. The molecule has 1 saturated heterocycles. The van der Waals surface area contributed by atoms with E-state index in [0.29, 0.717) is 5.56 Å². The Kier molecular flexibility index (Phi) is 4.91. The molecule has 4 heteroatoms. The molecule has 1 aliphatic rings. The van der Waals surface area contributed by atoms with E-state index < -0.39 is 0 Å². The highest BCUT2D eigenvalue weighted by atomic mass is 79.9. The molecule has 1 amide bonds. The minimum absolute atomic E-state index is 0.0647. The van der Waals surface area contributed by atoms with Crippen molar-refractivity contribution in [1.29, 1.82) is 0 Å². The Morgan fingerprint density at radius 3 is 2.26 bits per heavy atom. The van der Waals surface area contributed by atoms with Gasteiger partial charge in [-0.25, -0.2) is 0 Å². The van der Waals surface area contributed by atoms with Crippen molar-refractivity contribution in [3.8, 4) is 0 Å². The molecule has 1 aromatic carbocycles. The van der Waals surface area contributed by atoms with Crippen LogP contribution in [-0.4, -0.2) is 29.7 Å². The van der Waals surface area contributed by atoms with E-state index in [1.807, 2.05) is 12.1 Å². The van der Waals surface area contributed by atoms with Crippen LogP contribution < -0.4 is 0 Å². The van der Waals surface area contributed by atoms with Crippen molar-refractivity contribution < 1.29 is 9.59 Å². The second-order valence-electron chi connectivity index (χ2n) is 4.59. The highest BCUT2D eigenvalue weighted by Crippen LogP contribution is 2.12. The maximum Gasteiger partial charge on any atom is 0.246 e. The van der Waals surface area contributed by atoms with Gasteiger partial charge >= 0.3 is 0 Å². The Balaban J connectivity index is 1.95. The zero-order valence-electron chi connectivity index (χ0n) is 10.6. The molecule has 0 aromatic heterocycles. The van der Waals surface area contributed by atoms with Crippen LogP contribution in [0.3, 0.4) is 0 Å². The number of benzene rings is 1. The van der Waals surface area contributed by atoms with Crippen LogP contribution in [0.2, 0.25) is 0 Å². The van der Waals surface area contributed by atoms with Gasteiger partial charge in [-0.3, -0.25) is 9.59 Å². The summed E-state index contributed by atoms with van der Waals surface area (Å²) in [4.78, 5) is 25.5. The number of halogens is 1. The van der Waals surface area contributed by atoms with Crippen molar-refractivity contribution in [2.75, 3.05) is 13.1 Å². The second kappa shape index (κ2) is 6.66. The van der Waals surface area contributed by atoms with Crippen molar-refractivity contribution in [2.24, 2.45) is 0 Å². The molecule has 0 bridgehead atoms. The first-order chi connectivity index (χ1) is 9.16. The van der Waals surface area contributed by atoms with Gasteiger partial charge in [0, 0.05) is 29.2 Å². The van der Waals surface area contributed by atoms with E-state index in [4.69, 9.17) is 0 Å². The number of rotatable bonds is 3. The SMILES string of the molecule is O=C(/C=C/C(=O)N1CCCCC1)c1ccc(Br)cc1. The molecule has 0 aliphatic carbocycles. The highest BCUT2D eigenvalue weighted by Gasteiger charge is 2.14. The number of nitrogens with zero attached hydrogens (tertiary/aromatic N) is 1. The number of allylic oxidation sites excluding steroid dienone is 1. The van der Waals surface area contributed by atoms with Gasteiger partial charge in [-0.05, 0) is 49.6 Å². The summed E-state index contributed by atoms with van der Waals surface area (Å²) >= 11 is 3.32. The van der Waals surface area contributed by atoms with E-state index in [2.05, 4.69) is 15.9 Å². The van der Waals surface area contributed by atoms with Crippen LogP contribution in [0.25, 0.3) is 0 Å². The highest BCUT2D eigenvalue weighted by molar-refractivity contribution is 9.10. The van der Waals surface area contributed by atoms with Gasteiger partial charge in [0.25, 0.3) is 0 Å². The Hall–Kier alpha value is -1.42. The Bertz CT molecular complexity index is 487. The lowest BCUT2D eigenvalue weighted by molar-refractivity contribution is -0.126. The summed E-state index contributed by atoms with van der Waals surface area (Å²) in [5, 5.41) is 0. The molecule has 0 saturated carbocycles. The summed E-state index contributed by atoms with van der Waals surface area (Å²) in [5.74, 6) is -0.206. The van der Waals surface area contributed by atoms with Gasteiger partial charge in [-0.1, -0.05) is 15.9 Å². The lowest BCUT2D eigenvalue weighted by atomic mass is 10.1. The molecule has 2 rings (SSSR count). The molecule has 0 spiro atoms. The van der Waals surface area contributed by atoms with Crippen molar-refractivity contribution in [3.63, 3.8) is 0 Å². The van der Waals surface area contributed by atoms with Gasteiger partial charge in [-0.15, -0.1) is 0 Å². The molecule has 1 heterocycles. The first-order valence-electron chi connectivity index (χ1n) is 6.44. The molecule has 3 nitrogen and oxygen atoms in total. The lowest BCUT2D eigenvalue weighted by Gasteiger charge is -2.25. The van der Waals surface area contributed by atoms with Crippen LogP contribution >= 0.6 is 15.9 Å². The van der Waals surface area contributed by atoms with Crippen molar-refractivity contribution >= 4 is 27.6 Å². The molecule has 0 N–H and O–H groups in total. The van der Waals surface area contributed by atoms with E-state index in [-0.39, 0.29) is 11.7 Å². The van der Waals surface area contributed by atoms with Crippen LogP contribution in [0.4, 0.5) is 0 Å². The topological polar surface area (TPSA) is 37.4 Å². The molecular formula is C15H16BrNO2. The Morgan fingerprint density at radius 2 is 1.63 bits per heavy atom.